The zero-order valence-electron chi connectivity index (χ0n) is 10.5. The van der Waals surface area contributed by atoms with E-state index < -0.39 is 0 Å². The van der Waals surface area contributed by atoms with E-state index in [1.807, 2.05) is 0 Å². The van der Waals surface area contributed by atoms with Gasteiger partial charge in [-0.1, -0.05) is 0 Å². The van der Waals surface area contributed by atoms with Crippen molar-refractivity contribution in [2.75, 3.05) is 19.6 Å². The molecule has 94 valence electrons. The average Bonchev–Trinajstić information content (AvgIpc) is 2.93. The summed E-state index contributed by atoms with van der Waals surface area (Å²) in [6, 6.07) is 0.946. The number of aryl methyl sites for hydroxylation is 1. The number of thiazole rings is 1. The summed E-state index contributed by atoms with van der Waals surface area (Å²) in [5, 5.41) is 6.91. The first-order valence-corrected chi connectivity index (χ1v) is 7.55. The topological polar surface area (TPSA) is 28.2 Å². The molecule has 1 aromatic rings. The predicted octanol–water partition coefficient (Wildman–Crippen LogP) is 2.03. The smallest absolute Gasteiger partial charge is 0.107 e. The van der Waals surface area contributed by atoms with E-state index in [9.17, 15) is 0 Å². The highest BCUT2D eigenvalue weighted by atomic mass is 32.1. The van der Waals surface area contributed by atoms with Gasteiger partial charge in [0.15, 0.2) is 0 Å². The maximum absolute atomic E-state index is 4.47. The van der Waals surface area contributed by atoms with Crippen molar-refractivity contribution in [2.24, 2.45) is 5.92 Å². The molecule has 17 heavy (non-hydrogen) atoms. The number of nitrogens with one attached hydrogen (secondary N) is 1. The molecule has 1 aromatic heterocycles. The monoisotopic (exact) mass is 251 g/mol. The van der Waals surface area contributed by atoms with Crippen molar-refractivity contribution in [3.05, 3.63) is 16.1 Å². The summed E-state index contributed by atoms with van der Waals surface area (Å²) in [4.78, 5) is 7.15. The summed E-state index contributed by atoms with van der Waals surface area (Å²) < 4.78 is 0. The number of likely N-dealkylation sites (tertiary alicyclic amines) is 1. The molecule has 1 aliphatic heterocycles. The standard InChI is InChI=1S/C13H21N3S/c1-10-9-17-13(15-10)7-14-6-11-4-5-16(8-11)12-2-3-12/h9,11-12,14H,2-8H2,1H3. The van der Waals surface area contributed by atoms with Crippen molar-refractivity contribution >= 4 is 11.3 Å². The minimum atomic E-state index is 0.858. The van der Waals surface area contributed by atoms with Crippen LogP contribution in [-0.2, 0) is 6.54 Å². The molecule has 2 fully saturated rings. The Morgan fingerprint density at radius 1 is 1.47 bits per heavy atom. The van der Waals surface area contributed by atoms with Crippen molar-refractivity contribution in [1.82, 2.24) is 15.2 Å². The van der Waals surface area contributed by atoms with Gasteiger partial charge in [-0.3, -0.25) is 0 Å². The van der Waals surface area contributed by atoms with E-state index in [1.54, 1.807) is 11.3 Å². The lowest BCUT2D eigenvalue weighted by atomic mass is 10.1. The minimum absolute atomic E-state index is 0.858. The Bertz CT molecular complexity index is 372. The summed E-state index contributed by atoms with van der Waals surface area (Å²) in [5.74, 6) is 0.858. The van der Waals surface area contributed by atoms with Gasteiger partial charge in [0.2, 0.25) is 0 Å². The molecule has 1 aliphatic carbocycles. The Labute approximate surface area is 107 Å². The van der Waals surface area contributed by atoms with Crippen molar-refractivity contribution < 1.29 is 0 Å². The van der Waals surface area contributed by atoms with Gasteiger partial charge in [0, 0.05) is 30.2 Å². The van der Waals surface area contributed by atoms with E-state index in [2.05, 4.69) is 27.5 Å². The van der Waals surface area contributed by atoms with Gasteiger partial charge < -0.3 is 10.2 Å². The fourth-order valence-electron chi connectivity index (χ4n) is 2.67. The van der Waals surface area contributed by atoms with Crippen LogP contribution < -0.4 is 5.32 Å². The molecule has 0 bridgehead atoms. The van der Waals surface area contributed by atoms with E-state index in [4.69, 9.17) is 0 Å². The molecule has 1 atom stereocenters. The summed E-state index contributed by atoms with van der Waals surface area (Å²) in [6.45, 7) is 6.80. The quantitative estimate of drug-likeness (QED) is 0.868. The van der Waals surface area contributed by atoms with Crippen LogP contribution in [0.15, 0.2) is 5.38 Å². The highest BCUT2D eigenvalue weighted by Gasteiger charge is 2.33. The van der Waals surface area contributed by atoms with Crippen LogP contribution >= 0.6 is 11.3 Å². The van der Waals surface area contributed by atoms with Gasteiger partial charge in [-0.25, -0.2) is 4.98 Å². The number of rotatable bonds is 5. The SMILES string of the molecule is Cc1csc(CNCC2CCN(C3CC3)C2)n1. The third-order valence-electron chi connectivity index (χ3n) is 3.76. The van der Waals surface area contributed by atoms with Crippen LogP contribution in [-0.4, -0.2) is 35.6 Å². The molecule has 0 spiro atoms. The number of aromatic nitrogens is 1. The first-order chi connectivity index (χ1) is 8.31. The molecule has 1 N–H and O–H groups in total. The molecule has 1 saturated carbocycles. The number of hydrogen-bond acceptors (Lipinski definition) is 4. The number of hydrogen-bond donors (Lipinski definition) is 1. The first kappa shape index (κ1) is 11.6. The van der Waals surface area contributed by atoms with E-state index in [0.717, 1.165) is 30.7 Å². The maximum atomic E-state index is 4.47. The Kier molecular flexibility index (Phi) is 3.45. The second-order valence-corrected chi connectivity index (χ2v) is 6.34. The zero-order valence-corrected chi connectivity index (χ0v) is 11.3. The lowest BCUT2D eigenvalue weighted by Crippen LogP contribution is -2.27. The molecule has 1 saturated heterocycles. The Balaban J connectivity index is 1.37. The van der Waals surface area contributed by atoms with Crippen molar-refractivity contribution in [1.29, 1.82) is 0 Å². The molecular formula is C13H21N3S. The summed E-state index contributed by atoms with van der Waals surface area (Å²) >= 11 is 1.76. The lowest BCUT2D eigenvalue weighted by Gasteiger charge is -2.14. The molecule has 2 aliphatic rings. The average molecular weight is 251 g/mol. The lowest BCUT2D eigenvalue weighted by molar-refractivity contribution is 0.312. The van der Waals surface area contributed by atoms with Gasteiger partial charge in [0.25, 0.3) is 0 Å². The van der Waals surface area contributed by atoms with Crippen molar-refractivity contribution in [3.8, 4) is 0 Å². The third-order valence-corrected chi connectivity index (χ3v) is 4.72. The van der Waals surface area contributed by atoms with Crippen LogP contribution in [0.4, 0.5) is 0 Å². The first-order valence-electron chi connectivity index (χ1n) is 6.67. The molecule has 3 rings (SSSR count). The molecular weight excluding hydrogens is 230 g/mol. The van der Waals surface area contributed by atoms with Crippen LogP contribution in [0.5, 0.6) is 0 Å². The van der Waals surface area contributed by atoms with Gasteiger partial charge >= 0.3 is 0 Å². The molecule has 0 amide bonds. The fraction of sp³-hybridized carbons (Fsp3) is 0.769. The predicted molar refractivity (Wildman–Crippen MR) is 71.3 cm³/mol. The summed E-state index contributed by atoms with van der Waals surface area (Å²) in [7, 11) is 0. The van der Waals surface area contributed by atoms with E-state index in [-0.39, 0.29) is 0 Å². The molecule has 4 heteroatoms. The van der Waals surface area contributed by atoms with Gasteiger partial charge in [-0.2, -0.15) is 0 Å². The van der Waals surface area contributed by atoms with Gasteiger partial charge in [-0.05, 0) is 45.2 Å². The molecule has 0 aromatic carbocycles. The molecule has 0 radical (unpaired) electrons. The number of nitrogens with zero attached hydrogens (tertiary/aromatic N) is 2. The van der Waals surface area contributed by atoms with Crippen LogP contribution in [0.1, 0.15) is 30.0 Å². The van der Waals surface area contributed by atoms with Crippen molar-refractivity contribution in [3.63, 3.8) is 0 Å². The zero-order chi connectivity index (χ0) is 11.7. The summed E-state index contributed by atoms with van der Waals surface area (Å²) in [6.07, 6.45) is 4.26. The second kappa shape index (κ2) is 5.04. The molecule has 3 nitrogen and oxygen atoms in total. The molecule has 1 unspecified atom stereocenters. The highest BCUT2D eigenvalue weighted by Crippen LogP contribution is 2.31. The minimum Gasteiger partial charge on any atom is -0.310 e. The Morgan fingerprint density at radius 3 is 3.06 bits per heavy atom. The second-order valence-electron chi connectivity index (χ2n) is 5.39. The normalized spacial score (nSPS) is 25.6. The van der Waals surface area contributed by atoms with Crippen molar-refractivity contribution in [2.45, 2.75) is 38.8 Å². The Hall–Kier alpha value is -0.450. The van der Waals surface area contributed by atoms with Crippen LogP contribution in [0, 0.1) is 12.8 Å². The van der Waals surface area contributed by atoms with E-state index >= 15 is 0 Å². The van der Waals surface area contributed by atoms with Gasteiger partial charge in [0.1, 0.15) is 5.01 Å². The van der Waals surface area contributed by atoms with E-state index in [1.165, 1.54) is 37.4 Å². The van der Waals surface area contributed by atoms with Gasteiger partial charge in [-0.15, -0.1) is 11.3 Å². The van der Waals surface area contributed by atoms with Crippen LogP contribution in [0.3, 0.4) is 0 Å². The van der Waals surface area contributed by atoms with E-state index in [0.29, 0.717) is 0 Å². The van der Waals surface area contributed by atoms with Crippen LogP contribution in [0.2, 0.25) is 0 Å². The molecule has 2 heterocycles. The largest absolute Gasteiger partial charge is 0.310 e. The van der Waals surface area contributed by atoms with Gasteiger partial charge in [0.05, 0.1) is 0 Å². The Morgan fingerprint density at radius 2 is 2.35 bits per heavy atom. The third kappa shape index (κ3) is 3.06. The highest BCUT2D eigenvalue weighted by molar-refractivity contribution is 7.09. The fourth-order valence-corrected chi connectivity index (χ4v) is 3.41. The maximum Gasteiger partial charge on any atom is 0.107 e. The summed E-state index contributed by atoms with van der Waals surface area (Å²) in [5.41, 5.74) is 1.15. The van der Waals surface area contributed by atoms with Crippen LogP contribution in [0.25, 0.3) is 0 Å².